The number of halogens is 1. The molecular formula is C25H26BrNO5S. The minimum atomic E-state index is -0.404. The summed E-state index contributed by atoms with van der Waals surface area (Å²) in [5, 5.41) is 3.42. The van der Waals surface area contributed by atoms with E-state index in [2.05, 4.69) is 21.2 Å². The van der Waals surface area contributed by atoms with Gasteiger partial charge in [-0.2, -0.15) is 0 Å². The van der Waals surface area contributed by atoms with Crippen LogP contribution in [0.25, 0.3) is 0 Å². The van der Waals surface area contributed by atoms with Crippen molar-refractivity contribution in [3.8, 4) is 5.75 Å². The first-order chi connectivity index (χ1) is 16.0. The average Bonchev–Trinajstić information content (AvgIpc) is 3.43. The summed E-state index contributed by atoms with van der Waals surface area (Å²) in [6, 6.07) is 10.8. The number of para-hydroxylation sites is 1. The third-order valence-corrected chi connectivity index (χ3v) is 7.44. The Balaban J connectivity index is 1.49. The van der Waals surface area contributed by atoms with E-state index >= 15 is 0 Å². The lowest BCUT2D eigenvalue weighted by molar-refractivity contribution is 0.0335. The highest BCUT2D eigenvalue weighted by Gasteiger charge is 2.28. The third kappa shape index (κ3) is 5.50. The quantitative estimate of drug-likeness (QED) is 0.324. The van der Waals surface area contributed by atoms with Gasteiger partial charge in [0.1, 0.15) is 23.1 Å². The van der Waals surface area contributed by atoms with Crippen LogP contribution in [0.3, 0.4) is 0 Å². The molecule has 33 heavy (non-hydrogen) atoms. The first kappa shape index (κ1) is 23.6. The van der Waals surface area contributed by atoms with Crippen molar-refractivity contribution in [3.63, 3.8) is 0 Å². The minimum absolute atomic E-state index is 0.161. The van der Waals surface area contributed by atoms with E-state index in [9.17, 15) is 9.59 Å². The fraction of sp³-hybridized carbons (Fsp3) is 0.360. The molecule has 2 aromatic heterocycles. The smallest absolute Gasteiger partial charge is 0.341 e. The van der Waals surface area contributed by atoms with Crippen LogP contribution in [0.2, 0.25) is 0 Å². The van der Waals surface area contributed by atoms with E-state index in [1.165, 1.54) is 11.3 Å². The number of hydrogen-bond acceptors (Lipinski definition) is 6. The number of carbonyl (C=O) groups is 2. The van der Waals surface area contributed by atoms with Crippen LogP contribution in [0, 0.1) is 0 Å². The number of furan rings is 1. The van der Waals surface area contributed by atoms with Crippen LogP contribution in [0.5, 0.6) is 5.75 Å². The van der Waals surface area contributed by atoms with Gasteiger partial charge in [-0.05, 0) is 84.8 Å². The zero-order valence-electron chi connectivity index (χ0n) is 18.6. The highest BCUT2D eigenvalue weighted by Crippen LogP contribution is 2.39. The minimum Gasteiger partial charge on any atom is -0.484 e. The summed E-state index contributed by atoms with van der Waals surface area (Å²) < 4.78 is 17.9. The lowest BCUT2D eigenvalue weighted by atomic mass is 9.95. The van der Waals surface area contributed by atoms with Gasteiger partial charge in [0.05, 0.1) is 16.1 Å². The molecule has 3 aromatic rings. The van der Waals surface area contributed by atoms with Gasteiger partial charge in [0.25, 0.3) is 5.91 Å². The van der Waals surface area contributed by atoms with Crippen LogP contribution in [0.1, 0.15) is 70.2 Å². The molecule has 1 aliphatic carbocycles. The Hall–Kier alpha value is -2.58. The topological polar surface area (TPSA) is 77.8 Å². The maximum atomic E-state index is 12.9. The van der Waals surface area contributed by atoms with E-state index in [4.69, 9.17) is 13.9 Å². The average molecular weight is 532 g/mol. The number of anilines is 1. The van der Waals surface area contributed by atoms with Crippen LogP contribution in [-0.4, -0.2) is 18.0 Å². The number of fused-ring (bicyclic) bond motifs is 1. The molecule has 4 rings (SSSR count). The van der Waals surface area contributed by atoms with Gasteiger partial charge in [-0.3, -0.25) is 4.79 Å². The molecule has 1 aliphatic rings. The lowest BCUT2D eigenvalue weighted by Crippen LogP contribution is -2.18. The predicted octanol–water partition coefficient (Wildman–Crippen LogP) is 6.77. The van der Waals surface area contributed by atoms with E-state index in [0.717, 1.165) is 47.0 Å². The fourth-order valence-corrected chi connectivity index (χ4v) is 5.32. The third-order valence-electron chi connectivity index (χ3n) is 5.58. The van der Waals surface area contributed by atoms with Gasteiger partial charge in [-0.1, -0.05) is 19.1 Å². The summed E-state index contributed by atoms with van der Waals surface area (Å²) in [7, 11) is 0. The molecule has 0 aliphatic heterocycles. The molecule has 8 heteroatoms. The van der Waals surface area contributed by atoms with Gasteiger partial charge in [-0.25, -0.2) is 4.79 Å². The Morgan fingerprint density at radius 1 is 1.18 bits per heavy atom. The van der Waals surface area contributed by atoms with Crippen molar-refractivity contribution >= 4 is 44.1 Å². The number of benzene rings is 1. The number of nitrogens with one attached hydrogen (secondary N) is 1. The molecule has 0 bridgehead atoms. The van der Waals surface area contributed by atoms with Crippen molar-refractivity contribution < 1.29 is 23.5 Å². The number of esters is 1. The second kappa shape index (κ2) is 10.6. The number of thiophene rings is 1. The number of rotatable bonds is 8. The molecular weight excluding hydrogens is 506 g/mol. The molecule has 1 atom stereocenters. The zero-order chi connectivity index (χ0) is 23.4. The number of amides is 1. The first-order valence-electron chi connectivity index (χ1n) is 11.1. The Labute approximate surface area is 205 Å². The Morgan fingerprint density at radius 3 is 2.76 bits per heavy atom. The molecule has 0 saturated heterocycles. The van der Waals surface area contributed by atoms with Gasteiger partial charge in [0.15, 0.2) is 5.76 Å². The number of hydrogen-bond donors (Lipinski definition) is 1. The monoisotopic (exact) mass is 531 g/mol. The van der Waals surface area contributed by atoms with E-state index in [1.54, 1.807) is 12.1 Å². The Bertz CT molecular complexity index is 1150. The lowest BCUT2D eigenvalue weighted by Gasteiger charge is -2.15. The van der Waals surface area contributed by atoms with E-state index in [1.807, 2.05) is 38.1 Å². The predicted molar refractivity (Wildman–Crippen MR) is 131 cm³/mol. The van der Waals surface area contributed by atoms with Gasteiger partial charge in [-0.15, -0.1) is 11.3 Å². The van der Waals surface area contributed by atoms with Gasteiger partial charge < -0.3 is 19.2 Å². The van der Waals surface area contributed by atoms with Gasteiger partial charge in [0, 0.05) is 4.88 Å². The van der Waals surface area contributed by atoms with Crippen molar-refractivity contribution in [2.24, 2.45) is 0 Å². The van der Waals surface area contributed by atoms with Crippen LogP contribution in [-0.2, 0) is 24.2 Å². The van der Waals surface area contributed by atoms with E-state index < -0.39 is 5.91 Å². The Kier molecular flexibility index (Phi) is 7.55. The molecule has 0 fully saturated rings. The normalized spacial score (nSPS) is 13.8. The number of aryl methyl sites for hydroxylation is 1. The van der Waals surface area contributed by atoms with Crippen LogP contribution < -0.4 is 10.1 Å². The second-order valence-electron chi connectivity index (χ2n) is 7.98. The molecule has 0 saturated carbocycles. The summed E-state index contributed by atoms with van der Waals surface area (Å²) in [6.45, 7) is 4.03. The maximum absolute atomic E-state index is 12.9. The highest BCUT2D eigenvalue weighted by molar-refractivity contribution is 9.10. The summed E-state index contributed by atoms with van der Waals surface area (Å²) >= 11 is 4.90. The molecule has 0 spiro atoms. The van der Waals surface area contributed by atoms with Gasteiger partial charge in [0.2, 0.25) is 0 Å². The molecule has 1 aromatic carbocycles. The second-order valence-corrected chi connectivity index (χ2v) is 9.94. The first-order valence-corrected chi connectivity index (χ1v) is 12.7. The van der Waals surface area contributed by atoms with E-state index in [0.29, 0.717) is 22.1 Å². The molecule has 1 N–H and O–H groups in total. The molecule has 174 valence electrons. The number of ether oxygens (including phenoxy) is 2. The summed E-state index contributed by atoms with van der Waals surface area (Å²) in [4.78, 5) is 27.0. The molecule has 1 amide bonds. The van der Waals surface area contributed by atoms with Crippen molar-refractivity contribution in [3.05, 3.63) is 68.4 Å². The van der Waals surface area contributed by atoms with Crippen molar-refractivity contribution in [1.82, 2.24) is 0 Å². The molecule has 0 radical (unpaired) electrons. The molecule has 6 nitrogen and oxygen atoms in total. The Morgan fingerprint density at radius 2 is 1.97 bits per heavy atom. The highest BCUT2D eigenvalue weighted by atomic mass is 79.9. The largest absolute Gasteiger partial charge is 0.484 e. The van der Waals surface area contributed by atoms with Crippen molar-refractivity contribution in [2.45, 2.75) is 58.7 Å². The number of carbonyl (C=O) groups excluding carboxylic acids is 2. The SMILES string of the molecule is CCC(C)OC(=O)c1c(NC(=O)c2ccc(COc3ccccc3Br)o2)sc2c1CCCC2. The fourth-order valence-electron chi connectivity index (χ4n) is 3.65. The van der Waals surface area contributed by atoms with E-state index in [-0.39, 0.29) is 24.4 Å². The maximum Gasteiger partial charge on any atom is 0.341 e. The van der Waals surface area contributed by atoms with Gasteiger partial charge >= 0.3 is 5.97 Å². The van der Waals surface area contributed by atoms with Crippen LogP contribution in [0.4, 0.5) is 5.00 Å². The van der Waals surface area contributed by atoms with Crippen LogP contribution >= 0.6 is 27.3 Å². The van der Waals surface area contributed by atoms with Crippen molar-refractivity contribution in [2.75, 3.05) is 5.32 Å². The van der Waals surface area contributed by atoms with Crippen molar-refractivity contribution in [1.29, 1.82) is 0 Å². The zero-order valence-corrected chi connectivity index (χ0v) is 21.0. The standard InChI is InChI=1S/C25H26BrNO5S/c1-3-15(2)31-25(29)22-17-8-4-7-11-21(17)33-24(22)27-23(28)20-13-12-16(32-20)14-30-19-10-6-5-9-18(19)26/h5-6,9-10,12-13,15H,3-4,7-8,11,14H2,1-2H3,(H,27,28). The van der Waals surface area contributed by atoms with Crippen LogP contribution in [0.15, 0.2) is 45.3 Å². The summed E-state index contributed by atoms with van der Waals surface area (Å²) in [6.07, 6.45) is 4.40. The molecule has 2 heterocycles. The summed E-state index contributed by atoms with van der Waals surface area (Å²) in [5.74, 6) is 0.596. The molecule has 1 unspecified atom stereocenters. The summed E-state index contributed by atoms with van der Waals surface area (Å²) in [5.41, 5.74) is 1.50.